The van der Waals surface area contributed by atoms with E-state index in [4.69, 9.17) is 9.15 Å². The molecule has 3 rings (SSSR count). The number of oxazole rings is 1. The number of benzene rings is 2. The molecule has 136 valence electrons. The lowest BCUT2D eigenvalue weighted by Crippen LogP contribution is -2.04. The third-order valence-electron chi connectivity index (χ3n) is 3.85. The van der Waals surface area contributed by atoms with Gasteiger partial charge in [0.15, 0.2) is 5.89 Å². The average Bonchev–Trinajstić information content (AvgIpc) is 3.07. The maximum absolute atomic E-state index is 12.6. The van der Waals surface area contributed by atoms with E-state index in [0.29, 0.717) is 30.2 Å². The molecule has 0 radical (unpaired) electrons. The maximum atomic E-state index is 12.6. The molecule has 3 nitrogen and oxygen atoms in total. The van der Waals surface area contributed by atoms with Crippen LogP contribution in [0.5, 0.6) is 5.75 Å². The van der Waals surface area contributed by atoms with Gasteiger partial charge in [0.25, 0.3) is 0 Å². The quantitative estimate of drug-likeness (QED) is 0.530. The van der Waals surface area contributed by atoms with Crippen molar-refractivity contribution in [2.75, 3.05) is 6.61 Å². The number of rotatable bonds is 6. The van der Waals surface area contributed by atoms with E-state index in [9.17, 15) is 13.2 Å². The minimum absolute atomic E-state index is 0.522. The lowest BCUT2D eigenvalue weighted by atomic mass is 10.1. The van der Waals surface area contributed by atoms with Crippen molar-refractivity contribution in [2.24, 2.45) is 0 Å². The first-order valence-corrected chi connectivity index (χ1v) is 8.23. The number of hydrogen-bond acceptors (Lipinski definition) is 3. The number of alkyl halides is 3. The Kier molecular flexibility index (Phi) is 5.30. The Bertz CT molecular complexity index is 854. The van der Waals surface area contributed by atoms with Gasteiger partial charge in [0.1, 0.15) is 17.7 Å². The summed E-state index contributed by atoms with van der Waals surface area (Å²) in [5, 5.41) is 0. The molecule has 0 aliphatic heterocycles. The van der Waals surface area contributed by atoms with Gasteiger partial charge in [-0.3, -0.25) is 0 Å². The fraction of sp³-hybridized carbons (Fsp3) is 0.250. The molecule has 3 aromatic rings. The minimum Gasteiger partial charge on any atom is -0.494 e. The van der Waals surface area contributed by atoms with Crippen LogP contribution in [-0.2, 0) is 12.6 Å². The van der Waals surface area contributed by atoms with Gasteiger partial charge in [-0.05, 0) is 43.2 Å². The van der Waals surface area contributed by atoms with E-state index in [0.717, 1.165) is 29.9 Å². The van der Waals surface area contributed by atoms with Crippen LogP contribution in [-0.4, -0.2) is 11.6 Å². The lowest BCUT2D eigenvalue weighted by molar-refractivity contribution is -0.137. The van der Waals surface area contributed by atoms with Crippen LogP contribution in [0, 0.1) is 6.92 Å². The summed E-state index contributed by atoms with van der Waals surface area (Å²) < 4.78 is 48.9. The number of ether oxygens (including phenoxy) is 1. The topological polar surface area (TPSA) is 35.3 Å². The highest BCUT2D eigenvalue weighted by Gasteiger charge is 2.30. The van der Waals surface area contributed by atoms with Crippen LogP contribution in [0.2, 0.25) is 0 Å². The first kappa shape index (κ1) is 18.0. The monoisotopic (exact) mass is 361 g/mol. The van der Waals surface area contributed by atoms with Crippen molar-refractivity contribution in [2.45, 2.75) is 25.9 Å². The molecule has 1 heterocycles. The largest absolute Gasteiger partial charge is 0.494 e. The van der Waals surface area contributed by atoms with Crippen LogP contribution < -0.4 is 4.74 Å². The number of aryl methyl sites for hydroxylation is 2. The fourth-order valence-electron chi connectivity index (χ4n) is 2.51. The molecule has 0 N–H and O–H groups in total. The smallest absolute Gasteiger partial charge is 0.416 e. The highest BCUT2D eigenvalue weighted by molar-refractivity contribution is 5.58. The Labute approximate surface area is 149 Å². The molecule has 0 saturated carbocycles. The summed E-state index contributed by atoms with van der Waals surface area (Å²) in [6.45, 7) is 2.53. The normalized spacial score (nSPS) is 11.5. The van der Waals surface area contributed by atoms with Gasteiger partial charge in [0, 0.05) is 12.0 Å². The standard InChI is InChI=1S/C20H18F3NO2/c1-14-4-2-5-17(12-14)25-11-3-6-19-24-18(13-26-19)15-7-9-16(10-8-15)20(21,22)23/h2,4-5,7-10,12-13H,3,6,11H2,1H3. The van der Waals surface area contributed by atoms with Crippen LogP contribution >= 0.6 is 0 Å². The number of nitrogens with zero attached hydrogens (tertiary/aromatic N) is 1. The van der Waals surface area contributed by atoms with E-state index >= 15 is 0 Å². The Morgan fingerprint density at radius 1 is 1.08 bits per heavy atom. The summed E-state index contributed by atoms with van der Waals surface area (Å²) in [6, 6.07) is 12.7. The third kappa shape index (κ3) is 4.65. The zero-order valence-electron chi connectivity index (χ0n) is 14.2. The molecule has 0 fully saturated rings. The van der Waals surface area contributed by atoms with Crippen molar-refractivity contribution in [3.8, 4) is 17.0 Å². The number of aromatic nitrogens is 1. The van der Waals surface area contributed by atoms with Crippen LogP contribution in [0.3, 0.4) is 0 Å². The molecule has 0 amide bonds. The van der Waals surface area contributed by atoms with Crippen LogP contribution in [0.1, 0.15) is 23.4 Å². The summed E-state index contributed by atoms with van der Waals surface area (Å²) in [4.78, 5) is 4.33. The van der Waals surface area contributed by atoms with Gasteiger partial charge in [-0.2, -0.15) is 13.2 Å². The average molecular weight is 361 g/mol. The molecule has 0 atom stereocenters. The van der Waals surface area contributed by atoms with E-state index in [1.807, 2.05) is 31.2 Å². The van der Waals surface area contributed by atoms with Crippen molar-refractivity contribution in [3.05, 3.63) is 71.8 Å². The Morgan fingerprint density at radius 2 is 1.85 bits per heavy atom. The van der Waals surface area contributed by atoms with Crippen LogP contribution in [0.25, 0.3) is 11.3 Å². The second-order valence-electron chi connectivity index (χ2n) is 5.97. The predicted octanol–water partition coefficient (Wildman–Crippen LogP) is 5.68. The van der Waals surface area contributed by atoms with Gasteiger partial charge >= 0.3 is 6.18 Å². The first-order valence-electron chi connectivity index (χ1n) is 8.23. The van der Waals surface area contributed by atoms with Crippen LogP contribution in [0.15, 0.2) is 59.2 Å². The molecule has 0 spiro atoms. The fourth-order valence-corrected chi connectivity index (χ4v) is 2.51. The zero-order valence-corrected chi connectivity index (χ0v) is 14.2. The van der Waals surface area contributed by atoms with E-state index in [1.54, 1.807) is 0 Å². The molecule has 6 heteroatoms. The van der Waals surface area contributed by atoms with Crippen molar-refractivity contribution >= 4 is 0 Å². The Morgan fingerprint density at radius 3 is 2.54 bits per heavy atom. The Balaban J connectivity index is 1.53. The summed E-state index contributed by atoms with van der Waals surface area (Å²) in [7, 11) is 0. The van der Waals surface area contributed by atoms with Gasteiger partial charge in [-0.1, -0.05) is 24.3 Å². The molecule has 2 aromatic carbocycles. The van der Waals surface area contributed by atoms with E-state index in [2.05, 4.69) is 4.98 Å². The van der Waals surface area contributed by atoms with Crippen molar-refractivity contribution in [1.29, 1.82) is 0 Å². The number of halogens is 3. The van der Waals surface area contributed by atoms with Gasteiger partial charge < -0.3 is 9.15 Å². The van der Waals surface area contributed by atoms with Crippen LogP contribution in [0.4, 0.5) is 13.2 Å². The van der Waals surface area contributed by atoms with Gasteiger partial charge in [-0.15, -0.1) is 0 Å². The second-order valence-corrected chi connectivity index (χ2v) is 5.97. The highest BCUT2D eigenvalue weighted by atomic mass is 19.4. The van der Waals surface area contributed by atoms with E-state index < -0.39 is 11.7 Å². The van der Waals surface area contributed by atoms with Gasteiger partial charge in [0.05, 0.1) is 12.2 Å². The summed E-state index contributed by atoms with van der Waals surface area (Å²) >= 11 is 0. The second kappa shape index (κ2) is 7.64. The highest BCUT2D eigenvalue weighted by Crippen LogP contribution is 2.30. The molecule has 1 aromatic heterocycles. The molecule has 26 heavy (non-hydrogen) atoms. The Hall–Kier alpha value is -2.76. The molecular formula is C20H18F3NO2. The summed E-state index contributed by atoms with van der Waals surface area (Å²) in [6.07, 6.45) is -1.57. The van der Waals surface area contributed by atoms with Gasteiger partial charge in [0.2, 0.25) is 0 Å². The summed E-state index contributed by atoms with van der Waals surface area (Å²) in [5.41, 5.74) is 1.56. The lowest BCUT2D eigenvalue weighted by Gasteiger charge is -2.06. The molecule has 0 saturated heterocycles. The van der Waals surface area contributed by atoms with Crippen molar-refractivity contribution in [3.63, 3.8) is 0 Å². The maximum Gasteiger partial charge on any atom is 0.416 e. The van der Waals surface area contributed by atoms with Gasteiger partial charge in [-0.25, -0.2) is 4.98 Å². The van der Waals surface area contributed by atoms with Crippen molar-refractivity contribution < 1.29 is 22.3 Å². The number of hydrogen-bond donors (Lipinski definition) is 0. The predicted molar refractivity (Wildman–Crippen MR) is 91.9 cm³/mol. The molecule has 0 aliphatic carbocycles. The van der Waals surface area contributed by atoms with E-state index in [1.165, 1.54) is 18.4 Å². The molecule has 0 bridgehead atoms. The molecule has 0 aliphatic rings. The first-order chi connectivity index (χ1) is 12.4. The van der Waals surface area contributed by atoms with E-state index in [-0.39, 0.29) is 0 Å². The molecular weight excluding hydrogens is 343 g/mol. The molecule has 0 unspecified atom stereocenters. The van der Waals surface area contributed by atoms with Crippen molar-refractivity contribution in [1.82, 2.24) is 4.98 Å². The third-order valence-corrected chi connectivity index (χ3v) is 3.85. The zero-order chi connectivity index (χ0) is 18.6. The summed E-state index contributed by atoms with van der Waals surface area (Å²) in [5.74, 6) is 1.36. The minimum atomic E-state index is -4.34. The SMILES string of the molecule is Cc1cccc(OCCCc2nc(-c3ccc(C(F)(F)F)cc3)co2)c1.